The summed E-state index contributed by atoms with van der Waals surface area (Å²) in [7, 11) is 0. The number of halogens is 1. The maximum absolute atomic E-state index is 5.07. The van der Waals surface area contributed by atoms with E-state index in [2.05, 4.69) is 36.1 Å². The Labute approximate surface area is 157 Å². The number of hydrogen-bond donors (Lipinski definition) is 2. The maximum atomic E-state index is 5.07. The highest BCUT2D eigenvalue weighted by atomic mass is 127. The van der Waals surface area contributed by atoms with Crippen LogP contribution >= 0.6 is 35.3 Å². The summed E-state index contributed by atoms with van der Waals surface area (Å²) in [5.74, 6) is 2.07. The lowest BCUT2D eigenvalue weighted by molar-refractivity contribution is 0.376. The molecule has 128 valence electrons. The van der Waals surface area contributed by atoms with Crippen molar-refractivity contribution in [2.24, 2.45) is 4.99 Å². The van der Waals surface area contributed by atoms with E-state index in [1.54, 1.807) is 11.3 Å². The lowest BCUT2D eigenvalue weighted by Crippen LogP contribution is -2.38. The van der Waals surface area contributed by atoms with Gasteiger partial charge in [-0.3, -0.25) is 4.99 Å². The fraction of sp³-hybridized carbons (Fsp3) is 0.571. The highest BCUT2D eigenvalue weighted by molar-refractivity contribution is 14.0. The molecule has 0 bridgehead atoms. The SMILES string of the molecule is CCNC(=NCCc1nc(C)no1)NCCc1csc(C)n1.I. The van der Waals surface area contributed by atoms with E-state index in [-0.39, 0.29) is 24.0 Å². The third-order valence-electron chi connectivity index (χ3n) is 2.85. The lowest BCUT2D eigenvalue weighted by Gasteiger charge is -2.10. The minimum absolute atomic E-state index is 0. The zero-order chi connectivity index (χ0) is 15.8. The van der Waals surface area contributed by atoms with E-state index in [9.17, 15) is 0 Å². The van der Waals surface area contributed by atoms with Crippen molar-refractivity contribution in [3.05, 3.63) is 27.8 Å². The number of aryl methyl sites for hydroxylation is 2. The molecule has 0 saturated heterocycles. The van der Waals surface area contributed by atoms with Gasteiger partial charge in [0.15, 0.2) is 11.8 Å². The summed E-state index contributed by atoms with van der Waals surface area (Å²) in [5.41, 5.74) is 1.12. The van der Waals surface area contributed by atoms with Crippen LogP contribution in [0.25, 0.3) is 0 Å². The molecule has 9 heteroatoms. The summed E-state index contributed by atoms with van der Waals surface area (Å²) in [5, 5.41) is 13.5. The second kappa shape index (κ2) is 10.5. The fourth-order valence-corrected chi connectivity index (χ4v) is 2.53. The largest absolute Gasteiger partial charge is 0.357 e. The summed E-state index contributed by atoms with van der Waals surface area (Å²) in [6.07, 6.45) is 1.53. The van der Waals surface area contributed by atoms with Gasteiger partial charge in [-0.2, -0.15) is 4.98 Å². The van der Waals surface area contributed by atoms with Gasteiger partial charge in [-0.1, -0.05) is 5.16 Å². The number of rotatable bonds is 7. The number of aromatic nitrogens is 3. The molecule has 7 nitrogen and oxygen atoms in total. The first-order valence-corrected chi connectivity index (χ1v) is 8.27. The van der Waals surface area contributed by atoms with Crippen molar-refractivity contribution in [3.63, 3.8) is 0 Å². The number of nitrogens with zero attached hydrogens (tertiary/aromatic N) is 4. The highest BCUT2D eigenvalue weighted by Crippen LogP contribution is 2.07. The molecule has 0 atom stereocenters. The summed E-state index contributed by atoms with van der Waals surface area (Å²) in [4.78, 5) is 13.1. The topological polar surface area (TPSA) is 88.2 Å². The van der Waals surface area contributed by atoms with Crippen LogP contribution in [-0.2, 0) is 12.8 Å². The van der Waals surface area contributed by atoms with E-state index < -0.39 is 0 Å². The first-order chi connectivity index (χ1) is 10.7. The van der Waals surface area contributed by atoms with Crippen LogP contribution in [0, 0.1) is 13.8 Å². The molecule has 2 aromatic heterocycles. The van der Waals surface area contributed by atoms with Crippen LogP contribution in [-0.4, -0.2) is 40.7 Å². The number of hydrogen-bond acceptors (Lipinski definition) is 6. The molecule has 23 heavy (non-hydrogen) atoms. The zero-order valence-corrected chi connectivity index (χ0v) is 16.8. The van der Waals surface area contributed by atoms with Gasteiger partial charge >= 0.3 is 0 Å². The Hall–Kier alpha value is -1.23. The van der Waals surface area contributed by atoms with Gasteiger partial charge in [0.25, 0.3) is 0 Å². The molecule has 2 heterocycles. The Balaban J connectivity index is 0.00000264. The molecule has 0 aliphatic carbocycles. The highest BCUT2D eigenvalue weighted by Gasteiger charge is 2.03. The molecule has 2 rings (SSSR count). The van der Waals surface area contributed by atoms with Crippen LogP contribution in [0.4, 0.5) is 0 Å². The third-order valence-corrected chi connectivity index (χ3v) is 3.67. The predicted molar refractivity (Wildman–Crippen MR) is 103 cm³/mol. The molecule has 0 fully saturated rings. The molecular formula is C14H23IN6OS. The summed E-state index contributed by atoms with van der Waals surface area (Å²) in [6.45, 7) is 8.10. The van der Waals surface area contributed by atoms with Gasteiger partial charge in [0.2, 0.25) is 5.89 Å². The molecule has 0 spiro atoms. The molecule has 2 aromatic rings. The van der Waals surface area contributed by atoms with Crippen LogP contribution in [0.15, 0.2) is 14.9 Å². The van der Waals surface area contributed by atoms with Gasteiger partial charge in [0, 0.05) is 31.3 Å². The average molecular weight is 450 g/mol. The molecule has 0 aliphatic rings. The van der Waals surface area contributed by atoms with Crippen molar-refractivity contribution in [2.45, 2.75) is 33.6 Å². The van der Waals surface area contributed by atoms with Crippen LogP contribution in [0.3, 0.4) is 0 Å². The predicted octanol–water partition coefficient (Wildman–Crippen LogP) is 2.10. The number of aliphatic imine (C=N–C) groups is 1. The number of guanidine groups is 1. The molecule has 0 aliphatic heterocycles. The smallest absolute Gasteiger partial charge is 0.228 e. The van der Waals surface area contributed by atoms with E-state index in [4.69, 9.17) is 4.52 Å². The van der Waals surface area contributed by atoms with Crippen molar-refractivity contribution in [3.8, 4) is 0 Å². The number of nitrogens with one attached hydrogen (secondary N) is 2. The van der Waals surface area contributed by atoms with E-state index in [1.165, 1.54) is 0 Å². The second-order valence-electron chi connectivity index (χ2n) is 4.78. The van der Waals surface area contributed by atoms with Crippen LogP contribution in [0.5, 0.6) is 0 Å². The van der Waals surface area contributed by atoms with Gasteiger partial charge in [-0.05, 0) is 20.8 Å². The molecule has 2 N–H and O–H groups in total. The standard InChI is InChI=1S/C14H22N6OS.HI/c1-4-15-14(16-7-5-12-9-22-11(3)19-12)17-8-6-13-18-10(2)20-21-13;/h9H,4-8H2,1-3H3,(H2,15,16,17);1H. The van der Waals surface area contributed by atoms with Gasteiger partial charge in [0.1, 0.15) is 0 Å². The molecular weight excluding hydrogens is 427 g/mol. The maximum Gasteiger partial charge on any atom is 0.228 e. The number of thiazole rings is 1. The fourth-order valence-electron chi connectivity index (χ4n) is 1.88. The van der Waals surface area contributed by atoms with E-state index in [0.29, 0.717) is 24.7 Å². The third kappa shape index (κ3) is 7.25. The van der Waals surface area contributed by atoms with Crippen molar-refractivity contribution in [1.29, 1.82) is 0 Å². The first-order valence-electron chi connectivity index (χ1n) is 7.39. The zero-order valence-electron chi connectivity index (χ0n) is 13.6. The van der Waals surface area contributed by atoms with Crippen LogP contribution < -0.4 is 10.6 Å². The quantitative estimate of drug-likeness (QED) is 0.382. The molecule has 0 unspecified atom stereocenters. The lowest BCUT2D eigenvalue weighted by atomic mass is 10.3. The van der Waals surface area contributed by atoms with Gasteiger partial charge < -0.3 is 15.2 Å². The van der Waals surface area contributed by atoms with Crippen molar-refractivity contribution >= 4 is 41.3 Å². The minimum Gasteiger partial charge on any atom is -0.357 e. The van der Waals surface area contributed by atoms with Crippen LogP contribution in [0.1, 0.15) is 29.3 Å². The van der Waals surface area contributed by atoms with Crippen molar-refractivity contribution in [2.75, 3.05) is 19.6 Å². The Morgan fingerprint density at radius 1 is 1.26 bits per heavy atom. The van der Waals surface area contributed by atoms with E-state index in [1.807, 2.05) is 20.8 Å². The summed E-state index contributed by atoms with van der Waals surface area (Å²) >= 11 is 1.68. The normalized spacial score (nSPS) is 11.2. The Bertz CT molecular complexity index is 612. The van der Waals surface area contributed by atoms with E-state index >= 15 is 0 Å². The van der Waals surface area contributed by atoms with Gasteiger partial charge in [0.05, 0.1) is 17.2 Å². The molecule has 0 radical (unpaired) electrons. The molecule has 0 amide bonds. The Morgan fingerprint density at radius 2 is 2.09 bits per heavy atom. The van der Waals surface area contributed by atoms with E-state index in [0.717, 1.165) is 36.2 Å². The minimum atomic E-state index is 0. The monoisotopic (exact) mass is 450 g/mol. The van der Waals surface area contributed by atoms with Gasteiger partial charge in [-0.15, -0.1) is 35.3 Å². The first kappa shape index (κ1) is 19.8. The Morgan fingerprint density at radius 3 is 2.70 bits per heavy atom. The molecule has 0 aromatic carbocycles. The van der Waals surface area contributed by atoms with Crippen molar-refractivity contribution in [1.82, 2.24) is 25.8 Å². The molecule has 0 saturated carbocycles. The summed E-state index contributed by atoms with van der Waals surface area (Å²) < 4.78 is 5.07. The van der Waals surface area contributed by atoms with Crippen molar-refractivity contribution < 1.29 is 4.52 Å². The average Bonchev–Trinajstić information content (AvgIpc) is 3.08. The van der Waals surface area contributed by atoms with Gasteiger partial charge in [-0.25, -0.2) is 4.98 Å². The second-order valence-corrected chi connectivity index (χ2v) is 5.84. The van der Waals surface area contributed by atoms with Crippen LogP contribution in [0.2, 0.25) is 0 Å². The summed E-state index contributed by atoms with van der Waals surface area (Å²) in [6, 6.07) is 0. The Kier molecular flexibility index (Phi) is 9.07.